The molecule has 0 bridgehead atoms. The van der Waals surface area contributed by atoms with Gasteiger partial charge in [-0.25, -0.2) is 9.59 Å². The van der Waals surface area contributed by atoms with Crippen molar-refractivity contribution in [3.05, 3.63) is 51.3 Å². The number of aromatic hydroxyl groups is 1. The van der Waals surface area contributed by atoms with Crippen LogP contribution in [0.2, 0.25) is 0 Å². The van der Waals surface area contributed by atoms with E-state index in [1.54, 1.807) is 6.92 Å². The first kappa shape index (κ1) is 24.3. The van der Waals surface area contributed by atoms with Crippen LogP contribution in [0.5, 0.6) is 5.88 Å². The highest BCUT2D eigenvalue weighted by atomic mass is 16.6. The van der Waals surface area contributed by atoms with Crippen molar-refractivity contribution < 1.29 is 24.2 Å². The highest BCUT2D eigenvalue weighted by Gasteiger charge is 2.19. The Bertz CT molecular complexity index is 1110. The summed E-state index contributed by atoms with van der Waals surface area (Å²) in [4.78, 5) is 36.0. The van der Waals surface area contributed by atoms with E-state index in [1.165, 1.54) is 31.2 Å². The van der Waals surface area contributed by atoms with Crippen LogP contribution in [0, 0.1) is 18.3 Å². The summed E-state index contributed by atoms with van der Waals surface area (Å²) in [6.45, 7) is 5.06. The lowest BCUT2D eigenvalue weighted by atomic mass is 10.1. The minimum absolute atomic E-state index is 0.0330. The van der Waals surface area contributed by atoms with E-state index in [2.05, 4.69) is 15.0 Å². The van der Waals surface area contributed by atoms with Gasteiger partial charge in [0, 0.05) is 12.1 Å². The molecule has 168 valence electrons. The molecule has 32 heavy (non-hydrogen) atoms. The number of pyridine rings is 1. The number of hydrogen-bond donors (Lipinski definition) is 1. The van der Waals surface area contributed by atoms with Gasteiger partial charge >= 0.3 is 11.9 Å². The molecule has 1 heterocycles. The molecule has 0 amide bonds. The summed E-state index contributed by atoms with van der Waals surface area (Å²) in [6.07, 6.45) is 1.44. The van der Waals surface area contributed by atoms with Crippen molar-refractivity contribution in [2.24, 2.45) is 10.2 Å². The molecule has 0 aliphatic carbocycles. The predicted molar refractivity (Wildman–Crippen MR) is 114 cm³/mol. The number of ether oxygens (including phenoxy) is 2. The van der Waals surface area contributed by atoms with Crippen LogP contribution >= 0.6 is 0 Å². The maximum Gasteiger partial charge on any atom is 0.344 e. The van der Waals surface area contributed by atoms with Crippen LogP contribution < -0.4 is 5.56 Å². The fourth-order valence-electron chi connectivity index (χ4n) is 2.76. The maximum atomic E-state index is 12.8. The maximum absolute atomic E-state index is 12.8. The van der Waals surface area contributed by atoms with Gasteiger partial charge in [0.15, 0.2) is 12.3 Å². The first-order valence-electron chi connectivity index (χ1n) is 10.0. The van der Waals surface area contributed by atoms with Gasteiger partial charge in [-0.2, -0.15) is 10.4 Å². The molecule has 0 spiro atoms. The monoisotopic (exact) mass is 440 g/mol. The highest BCUT2D eigenvalue weighted by Crippen LogP contribution is 2.27. The highest BCUT2D eigenvalue weighted by molar-refractivity contribution is 5.91. The largest absolute Gasteiger partial charge is 0.493 e. The number of esters is 2. The zero-order valence-electron chi connectivity index (χ0n) is 18.1. The molecule has 0 aliphatic rings. The Morgan fingerprint density at radius 3 is 2.44 bits per heavy atom. The van der Waals surface area contributed by atoms with Gasteiger partial charge in [0.2, 0.25) is 5.88 Å². The van der Waals surface area contributed by atoms with Crippen molar-refractivity contribution in [3.8, 4) is 11.9 Å². The molecule has 0 radical (unpaired) electrons. The summed E-state index contributed by atoms with van der Waals surface area (Å²) in [5.41, 5.74) is 0.143. The minimum Gasteiger partial charge on any atom is -0.493 e. The van der Waals surface area contributed by atoms with Crippen LogP contribution in [-0.2, 0) is 20.8 Å². The van der Waals surface area contributed by atoms with Gasteiger partial charge in [0.25, 0.3) is 5.56 Å². The summed E-state index contributed by atoms with van der Waals surface area (Å²) < 4.78 is 10.7. The molecule has 1 aromatic carbocycles. The Hall–Kier alpha value is -4.00. The van der Waals surface area contributed by atoms with E-state index in [4.69, 9.17) is 4.74 Å². The fourth-order valence-corrected chi connectivity index (χ4v) is 2.76. The Balaban J connectivity index is 2.24. The van der Waals surface area contributed by atoms with Crippen molar-refractivity contribution >= 4 is 23.3 Å². The summed E-state index contributed by atoms with van der Waals surface area (Å²) in [5.74, 6) is -1.72. The van der Waals surface area contributed by atoms with Gasteiger partial charge in [0.1, 0.15) is 11.6 Å². The topological polar surface area (TPSA) is 143 Å². The Kier molecular flexibility index (Phi) is 8.65. The Morgan fingerprint density at radius 1 is 1.16 bits per heavy atom. The number of rotatable bonds is 9. The quantitative estimate of drug-likeness (QED) is 0.463. The first-order valence-corrected chi connectivity index (χ1v) is 10.0. The van der Waals surface area contributed by atoms with Gasteiger partial charge in [-0.1, -0.05) is 13.3 Å². The lowest BCUT2D eigenvalue weighted by Crippen LogP contribution is -2.22. The summed E-state index contributed by atoms with van der Waals surface area (Å²) in [5, 5.41) is 27.7. The average Bonchev–Trinajstić information content (AvgIpc) is 2.78. The standard InChI is InChI=1S/C22H24N4O6/c1-4-6-11-26-20(28)17(12-23)14(3)19(21(26)29)25-24-16-9-7-15(8-10-16)22(30)32-13-18(27)31-5-2/h7-10,28H,4-6,11,13H2,1-3H3. The molecule has 0 saturated heterocycles. The van der Waals surface area contributed by atoms with Crippen LogP contribution in [0.15, 0.2) is 39.3 Å². The van der Waals surface area contributed by atoms with Crippen LogP contribution in [0.25, 0.3) is 0 Å². The second-order valence-corrected chi connectivity index (χ2v) is 6.72. The van der Waals surface area contributed by atoms with Crippen molar-refractivity contribution in [3.63, 3.8) is 0 Å². The fraction of sp³-hybridized carbons (Fsp3) is 0.364. The minimum atomic E-state index is -0.701. The molecule has 10 nitrogen and oxygen atoms in total. The molecule has 0 unspecified atom stereocenters. The van der Waals surface area contributed by atoms with Crippen LogP contribution in [0.1, 0.15) is 48.2 Å². The lowest BCUT2D eigenvalue weighted by Gasteiger charge is -2.12. The second kappa shape index (κ2) is 11.4. The summed E-state index contributed by atoms with van der Waals surface area (Å²) in [6, 6.07) is 7.74. The number of carbonyl (C=O) groups is 2. The van der Waals surface area contributed by atoms with Crippen molar-refractivity contribution in [1.29, 1.82) is 5.26 Å². The number of azo groups is 1. The van der Waals surface area contributed by atoms with Crippen molar-refractivity contribution in [1.82, 2.24) is 4.57 Å². The number of nitrogens with zero attached hydrogens (tertiary/aromatic N) is 4. The molecular weight excluding hydrogens is 416 g/mol. The molecule has 0 saturated carbocycles. The van der Waals surface area contributed by atoms with Crippen molar-refractivity contribution in [2.45, 2.75) is 40.2 Å². The molecule has 2 rings (SSSR count). The number of unbranched alkanes of at least 4 members (excludes halogenated alkanes) is 1. The first-order chi connectivity index (χ1) is 15.3. The molecule has 1 N–H and O–H groups in total. The number of carbonyl (C=O) groups excluding carboxylic acids is 2. The number of hydrogen-bond acceptors (Lipinski definition) is 9. The lowest BCUT2D eigenvalue weighted by molar-refractivity contribution is -0.146. The van der Waals surface area contributed by atoms with Gasteiger partial charge < -0.3 is 14.6 Å². The van der Waals surface area contributed by atoms with Crippen LogP contribution in [0.3, 0.4) is 0 Å². The van der Waals surface area contributed by atoms with E-state index in [9.17, 15) is 24.8 Å². The SMILES string of the molecule is CCCCn1c(O)c(C#N)c(C)c(N=Nc2ccc(C(=O)OCC(=O)OCC)cc2)c1=O. The van der Waals surface area contributed by atoms with Gasteiger partial charge in [-0.05, 0) is 44.5 Å². The zero-order chi connectivity index (χ0) is 23.7. The summed E-state index contributed by atoms with van der Waals surface area (Å²) in [7, 11) is 0. The average molecular weight is 440 g/mol. The van der Waals surface area contributed by atoms with Crippen LogP contribution in [0.4, 0.5) is 11.4 Å². The Morgan fingerprint density at radius 2 is 1.84 bits per heavy atom. The summed E-state index contributed by atoms with van der Waals surface area (Å²) >= 11 is 0. The van der Waals surface area contributed by atoms with Gasteiger partial charge in [-0.3, -0.25) is 9.36 Å². The normalized spacial score (nSPS) is 10.7. The third-order valence-electron chi connectivity index (χ3n) is 4.50. The van der Waals surface area contributed by atoms with E-state index in [-0.39, 0.29) is 41.4 Å². The van der Waals surface area contributed by atoms with Crippen LogP contribution in [-0.4, -0.2) is 34.8 Å². The zero-order valence-corrected chi connectivity index (χ0v) is 18.1. The van der Waals surface area contributed by atoms with E-state index in [1.807, 2.05) is 13.0 Å². The number of nitriles is 1. The number of aromatic nitrogens is 1. The molecule has 0 aliphatic heterocycles. The molecule has 0 fully saturated rings. The predicted octanol–water partition coefficient (Wildman–Crippen LogP) is 3.67. The molecular formula is C22H24N4O6. The molecule has 1 aromatic heterocycles. The van der Waals surface area contributed by atoms with E-state index in [0.29, 0.717) is 12.1 Å². The Labute approximate surface area is 184 Å². The van der Waals surface area contributed by atoms with Gasteiger partial charge in [0.05, 0.1) is 17.9 Å². The molecule has 10 heteroatoms. The third-order valence-corrected chi connectivity index (χ3v) is 4.50. The third kappa shape index (κ3) is 5.78. The molecule has 0 atom stereocenters. The second-order valence-electron chi connectivity index (χ2n) is 6.72. The van der Waals surface area contributed by atoms with E-state index < -0.39 is 24.1 Å². The van der Waals surface area contributed by atoms with E-state index in [0.717, 1.165) is 11.0 Å². The van der Waals surface area contributed by atoms with E-state index >= 15 is 0 Å². The van der Waals surface area contributed by atoms with Gasteiger partial charge in [-0.15, -0.1) is 5.11 Å². The smallest absolute Gasteiger partial charge is 0.344 e. The number of benzene rings is 1. The molecule has 2 aromatic rings. The van der Waals surface area contributed by atoms with Crippen molar-refractivity contribution in [2.75, 3.05) is 13.2 Å².